The summed E-state index contributed by atoms with van der Waals surface area (Å²) in [6.07, 6.45) is 1.52. The molecule has 1 aliphatic carbocycles. The molecule has 2 atom stereocenters. The number of aryl methyl sites for hydroxylation is 1. The maximum Gasteiger partial charge on any atom is 0.161 e. The van der Waals surface area contributed by atoms with Gasteiger partial charge in [-0.3, -0.25) is 9.89 Å². The molecule has 4 nitrogen and oxygen atoms in total. The molecule has 108 valence electrons. The minimum absolute atomic E-state index is 0.131. The number of allylic oxidation sites excluding steroid dienone is 2. The summed E-state index contributed by atoms with van der Waals surface area (Å²) < 4.78 is 0. The largest absolute Gasteiger partial charge is 0.342 e. The van der Waals surface area contributed by atoms with E-state index in [1.165, 1.54) is 4.88 Å². The molecule has 2 aromatic heterocycles. The highest BCUT2D eigenvalue weighted by Gasteiger charge is 2.37. The SMILES string of the molecule is Cc1[nH]nc2c1C(C)C1=C(CC(c3cccs3)CC1=O)N2. The fourth-order valence-corrected chi connectivity index (χ4v) is 4.46. The van der Waals surface area contributed by atoms with Crippen LogP contribution in [-0.4, -0.2) is 16.0 Å². The quantitative estimate of drug-likeness (QED) is 0.844. The fourth-order valence-electron chi connectivity index (χ4n) is 3.63. The van der Waals surface area contributed by atoms with E-state index in [1.807, 2.05) is 6.92 Å². The van der Waals surface area contributed by atoms with E-state index in [4.69, 9.17) is 0 Å². The van der Waals surface area contributed by atoms with Crippen LogP contribution in [0.3, 0.4) is 0 Å². The predicted octanol–water partition coefficient (Wildman–Crippen LogP) is 3.71. The van der Waals surface area contributed by atoms with Crippen molar-refractivity contribution in [3.8, 4) is 0 Å². The second-order valence-corrected chi connectivity index (χ2v) is 6.87. The Morgan fingerprint density at radius 3 is 3.00 bits per heavy atom. The third-order valence-electron chi connectivity index (χ3n) is 4.58. The molecule has 0 saturated heterocycles. The average Bonchev–Trinajstić information content (AvgIpc) is 3.08. The lowest BCUT2D eigenvalue weighted by molar-refractivity contribution is -0.116. The van der Waals surface area contributed by atoms with Crippen LogP contribution in [0.25, 0.3) is 0 Å². The van der Waals surface area contributed by atoms with E-state index in [9.17, 15) is 4.79 Å². The first-order valence-corrected chi connectivity index (χ1v) is 8.14. The summed E-state index contributed by atoms with van der Waals surface area (Å²) in [4.78, 5) is 14.0. The third-order valence-corrected chi connectivity index (χ3v) is 5.62. The highest BCUT2D eigenvalue weighted by molar-refractivity contribution is 7.10. The lowest BCUT2D eigenvalue weighted by Crippen LogP contribution is -2.28. The zero-order valence-electron chi connectivity index (χ0n) is 12.1. The van der Waals surface area contributed by atoms with E-state index in [0.717, 1.165) is 34.8 Å². The predicted molar refractivity (Wildman–Crippen MR) is 83.7 cm³/mol. The highest BCUT2D eigenvalue weighted by Crippen LogP contribution is 2.45. The van der Waals surface area contributed by atoms with Gasteiger partial charge in [-0.05, 0) is 24.8 Å². The molecule has 2 unspecified atom stereocenters. The van der Waals surface area contributed by atoms with Gasteiger partial charge in [0.15, 0.2) is 11.6 Å². The van der Waals surface area contributed by atoms with E-state index in [2.05, 4.69) is 40.0 Å². The number of aromatic nitrogens is 2. The summed E-state index contributed by atoms with van der Waals surface area (Å²) in [6.45, 7) is 4.12. The van der Waals surface area contributed by atoms with Gasteiger partial charge in [-0.25, -0.2) is 0 Å². The molecule has 4 rings (SSSR count). The molecule has 0 amide bonds. The number of H-pyrrole nitrogens is 1. The lowest BCUT2D eigenvalue weighted by atomic mass is 9.76. The van der Waals surface area contributed by atoms with Crippen molar-refractivity contribution < 1.29 is 4.79 Å². The Hall–Kier alpha value is -1.88. The summed E-state index contributed by atoms with van der Waals surface area (Å²) in [5.74, 6) is 1.60. The monoisotopic (exact) mass is 299 g/mol. The van der Waals surface area contributed by atoms with Crippen molar-refractivity contribution in [1.82, 2.24) is 10.2 Å². The Balaban J connectivity index is 1.74. The van der Waals surface area contributed by atoms with Crippen molar-refractivity contribution in [3.05, 3.63) is 44.9 Å². The van der Waals surface area contributed by atoms with Crippen LogP contribution in [0.1, 0.15) is 47.7 Å². The number of rotatable bonds is 1. The molecular formula is C16H17N3OS. The number of ketones is 1. The summed E-state index contributed by atoms with van der Waals surface area (Å²) in [7, 11) is 0. The molecule has 0 radical (unpaired) electrons. The molecule has 3 heterocycles. The van der Waals surface area contributed by atoms with Crippen LogP contribution in [0.2, 0.25) is 0 Å². The normalized spacial score (nSPS) is 24.6. The Morgan fingerprint density at radius 2 is 2.24 bits per heavy atom. The van der Waals surface area contributed by atoms with Gasteiger partial charge in [0.25, 0.3) is 0 Å². The van der Waals surface area contributed by atoms with Gasteiger partial charge in [0.2, 0.25) is 0 Å². The molecule has 1 aliphatic heterocycles. The molecule has 0 saturated carbocycles. The number of aromatic amines is 1. The molecule has 2 N–H and O–H groups in total. The number of nitrogens with zero attached hydrogens (tertiary/aromatic N) is 1. The molecular weight excluding hydrogens is 282 g/mol. The van der Waals surface area contributed by atoms with Crippen LogP contribution in [0.4, 0.5) is 5.82 Å². The Labute approximate surface area is 127 Å². The van der Waals surface area contributed by atoms with E-state index in [1.54, 1.807) is 11.3 Å². The number of fused-ring (bicyclic) bond motifs is 1. The summed E-state index contributed by atoms with van der Waals surface area (Å²) in [6, 6.07) is 4.19. The Bertz CT molecular complexity index is 742. The number of anilines is 1. The van der Waals surface area contributed by atoms with Crippen molar-refractivity contribution in [2.75, 3.05) is 5.32 Å². The number of carbonyl (C=O) groups is 1. The second-order valence-electron chi connectivity index (χ2n) is 5.89. The molecule has 5 heteroatoms. The third kappa shape index (κ3) is 1.87. The minimum atomic E-state index is 0.131. The van der Waals surface area contributed by atoms with Gasteiger partial charge < -0.3 is 5.32 Å². The van der Waals surface area contributed by atoms with Crippen molar-refractivity contribution in [2.45, 2.75) is 38.5 Å². The molecule has 21 heavy (non-hydrogen) atoms. The Morgan fingerprint density at radius 1 is 1.38 bits per heavy atom. The molecule has 0 bridgehead atoms. The van der Waals surface area contributed by atoms with Crippen LogP contribution in [0, 0.1) is 6.92 Å². The standard InChI is InChI=1S/C16H17N3OS/c1-8-14-9(2)18-19-16(14)17-11-6-10(7-12(20)15(8)11)13-4-3-5-21-13/h3-5,8,10H,6-7H2,1-2H3,(H2,17,18,19). The average molecular weight is 299 g/mol. The Kier molecular flexibility index (Phi) is 2.79. The van der Waals surface area contributed by atoms with Crippen molar-refractivity contribution in [3.63, 3.8) is 0 Å². The highest BCUT2D eigenvalue weighted by atomic mass is 32.1. The maximum absolute atomic E-state index is 12.7. The van der Waals surface area contributed by atoms with Crippen molar-refractivity contribution in [1.29, 1.82) is 0 Å². The van der Waals surface area contributed by atoms with Gasteiger partial charge >= 0.3 is 0 Å². The molecule has 2 aromatic rings. The van der Waals surface area contributed by atoms with E-state index >= 15 is 0 Å². The number of Topliss-reactive ketones (excluding diaryl/α,β-unsaturated/α-hetero) is 1. The number of carbonyl (C=O) groups excluding carboxylic acids is 1. The van der Waals surface area contributed by atoms with Crippen LogP contribution in [-0.2, 0) is 4.79 Å². The van der Waals surface area contributed by atoms with Crippen molar-refractivity contribution >= 4 is 22.9 Å². The first kappa shape index (κ1) is 12.8. The number of nitrogens with one attached hydrogen (secondary N) is 2. The number of hydrogen-bond acceptors (Lipinski definition) is 4. The van der Waals surface area contributed by atoms with Gasteiger partial charge in [-0.1, -0.05) is 13.0 Å². The zero-order valence-corrected chi connectivity index (χ0v) is 12.9. The summed E-state index contributed by atoms with van der Waals surface area (Å²) in [5, 5.41) is 12.8. The second kappa shape index (κ2) is 4.56. The fraction of sp³-hybridized carbons (Fsp3) is 0.375. The van der Waals surface area contributed by atoms with E-state index in [-0.39, 0.29) is 11.7 Å². The van der Waals surface area contributed by atoms with Gasteiger partial charge in [0, 0.05) is 45.7 Å². The van der Waals surface area contributed by atoms with Gasteiger partial charge in [-0.2, -0.15) is 5.10 Å². The lowest BCUT2D eigenvalue weighted by Gasteiger charge is -2.32. The van der Waals surface area contributed by atoms with Crippen LogP contribution in [0.15, 0.2) is 28.8 Å². The summed E-state index contributed by atoms with van der Waals surface area (Å²) in [5.41, 5.74) is 4.21. The van der Waals surface area contributed by atoms with E-state index < -0.39 is 0 Å². The van der Waals surface area contributed by atoms with Gasteiger partial charge in [-0.15, -0.1) is 11.3 Å². The minimum Gasteiger partial charge on any atom is -0.342 e. The maximum atomic E-state index is 12.7. The number of hydrogen-bond donors (Lipinski definition) is 2. The van der Waals surface area contributed by atoms with Crippen molar-refractivity contribution in [2.24, 2.45) is 0 Å². The van der Waals surface area contributed by atoms with Crippen LogP contribution < -0.4 is 5.32 Å². The molecule has 0 spiro atoms. The number of thiophene rings is 1. The topological polar surface area (TPSA) is 57.8 Å². The first-order valence-electron chi connectivity index (χ1n) is 7.26. The smallest absolute Gasteiger partial charge is 0.161 e. The summed E-state index contributed by atoms with van der Waals surface area (Å²) >= 11 is 1.74. The van der Waals surface area contributed by atoms with Crippen LogP contribution in [0.5, 0.6) is 0 Å². The van der Waals surface area contributed by atoms with Gasteiger partial charge in [0.1, 0.15) is 0 Å². The molecule has 0 aromatic carbocycles. The molecule has 2 aliphatic rings. The molecule has 0 fully saturated rings. The first-order chi connectivity index (χ1) is 10.1. The van der Waals surface area contributed by atoms with Gasteiger partial charge in [0.05, 0.1) is 0 Å². The van der Waals surface area contributed by atoms with Crippen LogP contribution >= 0.6 is 11.3 Å². The van der Waals surface area contributed by atoms with E-state index in [0.29, 0.717) is 12.3 Å². The zero-order chi connectivity index (χ0) is 14.6.